The van der Waals surface area contributed by atoms with Crippen molar-refractivity contribution in [1.29, 1.82) is 0 Å². The molecule has 0 saturated carbocycles. The van der Waals surface area contributed by atoms with E-state index < -0.39 is 0 Å². The Kier molecular flexibility index (Phi) is 6.56. The summed E-state index contributed by atoms with van der Waals surface area (Å²) in [5.41, 5.74) is 0.874. The van der Waals surface area contributed by atoms with Gasteiger partial charge in [0.1, 0.15) is 5.75 Å². The van der Waals surface area contributed by atoms with Gasteiger partial charge in [-0.25, -0.2) is 4.98 Å². The highest BCUT2D eigenvalue weighted by Gasteiger charge is 2.17. The van der Waals surface area contributed by atoms with Gasteiger partial charge in [-0.3, -0.25) is 4.79 Å². The number of hydrogen-bond donors (Lipinski definition) is 1. The predicted molar refractivity (Wildman–Crippen MR) is 113 cm³/mol. The summed E-state index contributed by atoms with van der Waals surface area (Å²) in [6.45, 7) is 0. The first kappa shape index (κ1) is 20.5. The topological polar surface area (TPSA) is 78.9 Å². The van der Waals surface area contributed by atoms with E-state index in [-0.39, 0.29) is 5.91 Å². The Morgan fingerprint density at radius 1 is 0.966 bits per heavy atom. The molecule has 7 nitrogen and oxygen atoms in total. The molecule has 0 radical (unpaired) electrons. The van der Waals surface area contributed by atoms with E-state index in [1.54, 1.807) is 24.3 Å². The number of ether oxygens (including phenoxy) is 4. The molecule has 3 rings (SSSR count). The molecule has 1 heterocycles. The molecule has 0 unspecified atom stereocenters. The highest BCUT2D eigenvalue weighted by Crippen LogP contribution is 2.38. The van der Waals surface area contributed by atoms with Crippen molar-refractivity contribution in [3.8, 4) is 28.9 Å². The minimum absolute atomic E-state index is 0.341. The van der Waals surface area contributed by atoms with Crippen molar-refractivity contribution >= 4 is 27.5 Å². The number of hydrogen-bond acceptors (Lipinski definition) is 6. The molecule has 0 bridgehead atoms. The van der Waals surface area contributed by atoms with Gasteiger partial charge in [-0.05, 0) is 36.4 Å². The molecule has 3 aromatic rings. The summed E-state index contributed by atoms with van der Waals surface area (Å²) >= 11 is 3.39. The van der Waals surface area contributed by atoms with Gasteiger partial charge in [0, 0.05) is 16.1 Å². The monoisotopic (exact) mass is 458 g/mol. The van der Waals surface area contributed by atoms with Gasteiger partial charge in [0.05, 0.1) is 33.2 Å². The van der Waals surface area contributed by atoms with E-state index in [0.29, 0.717) is 40.1 Å². The third-order valence-corrected chi connectivity index (χ3v) is 4.43. The Labute approximate surface area is 176 Å². The van der Waals surface area contributed by atoms with Gasteiger partial charge in [-0.1, -0.05) is 22.0 Å². The fourth-order valence-electron chi connectivity index (χ4n) is 2.58. The van der Waals surface area contributed by atoms with E-state index in [1.807, 2.05) is 24.3 Å². The molecule has 29 heavy (non-hydrogen) atoms. The van der Waals surface area contributed by atoms with Crippen LogP contribution < -0.4 is 24.3 Å². The second-order valence-corrected chi connectivity index (χ2v) is 6.73. The van der Waals surface area contributed by atoms with Crippen LogP contribution in [0.4, 0.5) is 5.69 Å². The van der Waals surface area contributed by atoms with Gasteiger partial charge in [0.25, 0.3) is 5.91 Å². The highest BCUT2D eigenvalue weighted by molar-refractivity contribution is 9.10. The molecule has 0 fully saturated rings. The molecule has 150 valence electrons. The molecular formula is C21H19BrN2O5. The largest absolute Gasteiger partial charge is 0.493 e. The summed E-state index contributed by atoms with van der Waals surface area (Å²) < 4.78 is 22.4. The smallest absolute Gasteiger partial charge is 0.255 e. The number of carbonyl (C=O) groups excluding carboxylic acids is 1. The van der Waals surface area contributed by atoms with Gasteiger partial charge in [0.2, 0.25) is 11.6 Å². The van der Waals surface area contributed by atoms with Crippen LogP contribution in [0.1, 0.15) is 10.4 Å². The Bertz CT molecular complexity index is 983. The molecule has 0 atom stereocenters. The maximum atomic E-state index is 12.6. The first-order valence-corrected chi connectivity index (χ1v) is 9.34. The molecule has 0 aliphatic carbocycles. The number of benzene rings is 2. The molecule has 0 spiro atoms. The molecule has 2 aromatic carbocycles. The third-order valence-electron chi connectivity index (χ3n) is 3.94. The van der Waals surface area contributed by atoms with Crippen LogP contribution in [0.2, 0.25) is 0 Å². The first-order valence-electron chi connectivity index (χ1n) is 8.55. The Balaban J connectivity index is 1.74. The molecule has 1 aromatic heterocycles. The minimum atomic E-state index is -0.341. The number of nitrogens with one attached hydrogen (secondary N) is 1. The normalized spacial score (nSPS) is 10.2. The standard InChI is InChI=1S/C21H19BrN2O5/c1-26-17-9-13(10-18(27-2)20(17)28-3)21(25)24-15-7-8-19(23-12-15)29-16-6-4-5-14(22)11-16/h4-12H,1-3H3,(H,24,25). The molecular weight excluding hydrogens is 440 g/mol. The molecule has 0 saturated heterocycles. The summed E-state index contributed by atoms with van der Waals surface area (Å²) in [6, 6.07) is 14.0. The number of amides is 1. The summed E-state index contributed by atoms with van der Waals surface area (Å²) in [6.07, 6.45) is 1.52. The van der Waals surface area contributed by atoms with Gasteiger partial charge in [-0.15, -0.1) is 0 Å². The predicted octanol–water partition coefficient (Wildman–Crippen LogP) is 4.91. The number of nitrogens with zero attached hydrogens (tertiary/aromatic N) is 1. The SMILES string of the molecule is COc1cc(C(=O)Nc2ccc(Oc3cccc(Br)c3)nc2)cc(OC)c1OC. The number of aromatic nitrogens is 1. The maximum Gasteiger partial charge on any atom is 0.255 e. The van der Waals surface area contributed by atoms with Crippen molar-refractivity contribution in [2.75, 3.05) is 26.6 Å². The lowest BCUT2D eigenvalue weighted by molar-refractivity contribution is 0.102. The zero-order chi connectivity index (χ0) is 20.8. The van der Waals surface area contributed by atoms with E-state index >= 15 is 0 Å². The summed E-state index contributed by atoms with van der Waals surface area (Å²) in [5, 5.41) is 2.78. The molecule has 0 aliphatic heterocycles. The zero-order valence-corrected chi connectivity index (χ0v) is 17.6. The number of anilines is 1. The first-order chi connectivity index (χ1) is 14.0. The van der Waals surface area contributed by atoms with Crippen molar-refractivity contribution in [1.82, 2.24) is 4.98 Å². The number of rotatable bonds is 7. The Hall–Kier alpha value is -3.26. The number of carbonyl (C=O) groups is 1. The Morgan fingerprint density at radius 2 is 1.69 bits per heavy atom. The van der Waals surface area contributed by atoms with E-state index in [0.717, 1.165) is 4.47 Å². The van der Waals surface area contributed by atoms with Gasteiger partial charge in [0.15, 0.2) is 11.5 Å². The van der Waals surface area contributed by atoms with E-state index in [4.69, 9.17) is 18.9 Å². The maximum absolute atomic E-state index is 12.6. The average Bonchev–Trinajstić information content (AvgIpc) is 2.74. The second-order valence-electron chi connectivity index (χ2n) is 5.81. The number of pyridine rings is 1. The lowest BCUT2D eigenvalue weighted by Crippen LogP contribution is -2.12. The zero-order valence-electron chi connectivity index (χ0n) is 16.1. The van der Waals surface area contributed by atoms with E-state index in [9.17, 15) is 4.79 Å². The van der Waals surface area contributed by atoms with Crippen LogP contribution in [0.25, 0.3) is 0 Å². The second kappa shape index (κ2) is 9.29. The highest BCUT2D eigenvalue weighted by atomic mass is 79.9. The fraction of sp³-hybridized carbons (Fsp3) is 0.143. The average molecular weight is 459 g/mol. The number of methoxy groups -OCH3 is 3. The quantitative estimate of drug-likeness (QED) is 0.541. The van der Waals surface area contributed by atoms with Crippen LogP contribution in [-0.4, -0.2) is 32.2 Å². The molecule has 8 heteroatoms. The van der Waals surface area contributed by atoms with Crippen molar-refractivity contribution < 1.29 is 23.7 Å². The van der Waals surface area contributed by atoms with Gasteiger partial charge in [-0.2, -0.15) is 0 Å². The van der Waals surface area contributed by atoms with E-state index in [2.05, 4.69) is 26.2 Å². The third kappa shape index (κ3) is 4.97. The van der Waals surface area contributed by atoms with E-state index in [1.165, 1.54) is 27.5 Å². The number of halogens is 1. The lowest BCUT2D eigenvalue weighted by Gasteiger charge is -2.14. The lowest BCUT2D eigenvalue weighted by atomic mass is 10.1. The van der Waals surface area contributed by atoms with Crippen LogP contribution in [0.5, 0.6) is 28.9 Å². The van der Waals surface area contributed by atoms with Crippen LogP contribution in [0.15, 0.2) is 59.2 Å². The van der Waals surface area contributed by atoms with Gasteiger partial charge >= 0.3 is 0 Å². The summed E-state index contributed by atoms with van der Waals surface area (Å²) in [5.74, 6) is 1.93. The van der Waals surface area contributed by atoms with Crippen molar-refractivity contribution in [3.63, 3.8) is 0 Å². The van der Waals surface area contributed by atoms with Crippen LogP contribution in [0.3, 0.4) is 0 Å². The summed E-state index contributed by atoms with van der Waals surface area (Å²) in [4.78, 5) is 16.9. The van der Waals surface area contributed by atoms with Crippen molar-refractivity contribution in [3.05, 3.63) is 64.8 Å². The molecule has 1 amide bonds. The minimum Gasteiger partial charge on any atom is -0.493 e. The molecule has 0 aliphatic rings. The van der Waals surface area contributed by atoms with Crippen LogP contribution in [0, 0.1) is 0 Å². The van der Waals surface area contributed by atoms with Crippen molar-refractivity contribution in [2.45, 2.75) is 0 Å². The summed E-state index contributed by atoms with van der Waals surface area (Å²) in [7, 11) is 4.49. The fourth-order valence-corrected chi connectivity index (χ4v) is 2.96. The van der Waals surface area contributed by atoms with Crippen LogP contribution in [-0.2, 0) is 0 Å². The Morgan fingerprint density at radius 3 is 2.24 bits per heavy atom. The molecule has 1 N–H and O–H groups in total. The van der Waals surface area contributed by atoms with Crippen molar-refractivity contribution in [2.24, 2.45) is 0 Å². The van der Waals surface area contributed by atoms with Crippen LogP contribution >= 0.6 is 15.9 Å². The van der Waals surface area contributed by atoms with Gasteiger partial charge < -0.3 is 24.3 Å².